The van der Waals surface area contributed by atoms with Gasteiger partial charge in [-0.15, -0.1) is 0 Å². The highest BCUT2D eigenvalue weighted by Crippen LogP contribution is 2.28. The summed E-state index contributed by atoms with van der Waals surface area (Å²) in [5.41, 5.74) is 4.22. The Kier molecular flexibility index (Phi) is 3.98. The van der Waals surface area contributed by atoms with Crippen molar-refractivity contribution in [2.45, 2.75) is 25.5 Å². The third-order valence-electron chi connectivity index (χ3n) is 5.11. The minimum Gasteiger partial charge on any atom is -0.376 e. The van der Waals surface area contributed by atoms with Crippen LogP contribution in [0, 0.1) is 0 Å². The number of hydrogen-bond donors (Lipinski definition) is 1. The van der Waals surface area contributed by atoms with E-state index in [-0.39, 0.29) is 18.6 Å². The molecule has 27 heavy (non-hydrogen) atoms. The van der Waals surface area contributed by atoms with Gasteiger partial charge in [-0.3, -0.25) is 4.79 Å². The van der Waals surface area contributed by atoms with E-state index in [9.17, 15) is 4.79 Å². The van der Waals surface area contributed by atoms with Crippen LogP contribution in [0.15, 0.2) is 48.5 Å². The zero-order chi connectivity index (χ0) is 18.2. The van der Waals surface area contributed by atoms with Gasteiger partial charge in [-0.1, -0.05) is 30.3 Å². The molecule has 0 radical (unpaired) electrons. The molecule has 1 amide bonds. The predicted octanol–water partition coefficient (Wildman–Crippen LogP) is 3.03. The summed E-state index contributed by atoms with van der Waals surface area (Å²) in [5, 5.41) is 4.01. The molecule has 1 fully saturated rings. The van der Waals surface area contributed by atoms with Crippen LogP contribution < -0.4 is 5.32 Å². The van der Waals surface area contributed by atoms with Crippen molar-refractivity contribution in [3.8, 4) is 0 Å². The van der Waals surface area contributed by atoms with E-state index in [4.69, 9.17) is 14.7 Å². The van der Waals surface area contributed by atoms with Gasteiger partial charge in [-0.05, 0) is 31.0 Å². The molecular weight excluding hydrogens is 340 g/mol. The molecule has 0 bridgehead atoms. The van der Waals surface area contributed by atoms with Gasteiger partial charge in [0.05, 0.1) is 22.7 Å². The van der Waals surface area contributed by atoms with Gasteiger partial charge >= 0.3 is 0 Å². The van der Waals surface area contributed by atoms with E-state index in [0.29, 0.717) is 6.54 Å². The Bertz CT molecular complexity index is 1150. The van der Waals surface area contributed by atoms with Crippen molar-refractivity contribution < 1.29 is 9.53 Å². The highest BCUT2D eigenvalue weighted by atomic mass is 16.5. The first-order chi connectivity index (χ1) is 13.3. The van der Waals surface area contributed by atoms with Gasteiger partial charge in [0.2, 0.25) is 5.91 Å². The number of carbonyl (C=O) groups is 1. The number of nitrogens with zero attached hydrogens (tertiary/aromatic N) is 3. The lowest BCUT2D eigenvalue weighted by atomic mass is 10.2. The molecule has 1 unspecified atom stereocenters. The van der Waals surface area contributed by atoms with E-state index in [1.54, 1.807) is 0 Å². The highest BCUT2D eigenvalue weighted by Gasteiger charge is 2.19. The Hall–Kier alpha value is -2.99. The SMILES string of the molecule is O=C(Cn1c2ccccc2c2nc3ccccc3nc21)NCC1CCCO1. The van der Waals surface area contributed by atoms with Crippen LogP contribution in [-0.2, 0) is 16.1 Å². The number of carbonyl (C=O) groups excluding carboxylic acids is 1. The minimum atomic E-state index is -0.0388. The largest absolute Gasteiger partial charge is 0.376 e. The third-order valence-corrected chi connectivity index (χ3v) is 5.11. The zero-order valence-electron chi connectivity index (χ0n) is 14.9. The second kappa shape index (κ2) is 6.63. The minimum absolute atomic E-state index is 0.0388. The van der Waals surface area contributed by atoms with E-state index < -0.39 is 0 Å². The van der Waals surface area contributed by atoms with E-state index in [2.05, 4.69) is 5.32 Å². The molecule has 0 aliphatic carbocycles. The lowest BCUT2D eigenvalue weighted by molar-refractivity contribution is -0.122. The summed E-state index contributed by atoms with van der Waals surface area (Å²) in [7, 11) is 0. The number of hydrogen-bond acceptors (Lipinski definition) is 4. The molecule has 136 valence electrons. The summed E-state index contributed by atoms with van der Waals surface area (Å²) in [6.07, 6.45) is 2.21. The van der Waals surface area contributed by atoms with Gasteiger partial charge in [0.1, 0.15) is 12.1 Å². The van der Waals surface area contributed by atoms with E-state index in [0.717, 1.165) is 52.5 Å². The number of amides is 1. The van der Waals surface area contributed by atoms with Gasteiger partial charge in [0.25, 0.3) is 0 Å². The van der Waals surface area contributed by atoms with E-state index in [1.807, 2.05) is 53.1 Å². The van der Waals surface area contributed by atoms with Crippen LogP contribution in [0.4, 0.5) is 0 Å². The molecule has 5 rings (SSSR count). The molecule has 1 atom stereocenters. The van der Waals surface area contributed by atoms with Crippen LogP contribution in [0.25, 0.3) is 33.1 Å². The van der Waals surface area contributed by atoms with E-state index >= 15 is 0 Å². The number of nitrogens with one attached hydrogen (secondary N) is 1. The van der Waals surface area contributed by atoms with Crippen LogP contribution in [0.2, 0.25) is 0 Å². The molecule has 0 spiro atoms. The Morgan fingerprint density at radius 2 is 1.89 bits per heavy atom. The normalized spacial score (nSPS) is 17.1. The average Bonchev–Trinajstić information content (AvgIpc) is 3.32. The molecule has 1 N–H and O–H groups in total. The van der Waals surface area contributed by atoms with Crippen molar-refractivity contribution in [2.75, 3.05) is 13.2 Å². The lowest BCUT2D eigenvalue weighted by Gasteiger charge is -2.12. The quantitative estimate of drug-likeness (QED) is 0.607. The molecule has 6 nitrogen and oxygen atoms in total. The van der Waals surface area contributed by atoms with Crippen molar-refractivity contribution >= 4 is 39.0 Å². The molecule has 1 aliphatic heterocycles. The maximum atomic E-state index is 12.6. The summed E-state index contributed by atoms with van der Waals surface area (Å²) in [6, 6.07) is 15.8. The Labute approximate surface area is 156 Å². The molecule has 3 heterocycles. The molecule has 4 aromatic rings. The Morgan fingerprint density at radius 1 is 1.11 bits per heavy atom. The first-order valence-corrected chi connectivity index (χ1v) is 9.31. The topological polar surface area (TPSA) is 69.0 Å². The van der Waals surface area contributed by atoms with Crippen LogP contribution in [-0.4, -0.2) is 39.7 Å². The standard InChI is InChI=1S/C21H20N4O2/c26-19(22-12-14-6-5-11-27-14)13-25-18-10-4-1-7-15(18)20-21(25)24-17-9-3-2-8-16(17)23-20/h1-4,7-10,14H,5-6,11-13H2,(H,22,26). The van der Waals surface area contributed by atoms with Gasteiger partial charge in [0.15, 0.2) is 5.65 Å². The van der Waals surface area contributed by atoms with Crippen molar-refractivity contribution in [3.05, 3.63) is 48.5 Å². The number of fused-ring (bicyclic) bond motifs is 4. The summed E-state index contributed by atoms with van der Waals surface area (Å²) in [6.45, 7) is 1.56. The summed E-state index contributed by atoms with van der Waals surface area (Å²) in [4.78, 5) is 22.2. The van der Waals surface area contributed by atoms with Crippen LogP contribution in [0.1, 0.15) is 12.8 Å². The first-order valence-electron chi connectivity index (χ1n) is 9.31. The molecule has 2 aromatic carbocycles. The Morgan fingerprint density at radius 3 is 2.70 bits per heavy atom. The molecule has 2 aromatic heterocycles. The van der Waals surface area contributed by atoms with Crippen LogP contribution in [0.5, 0.6) is 0 Å². The molecule has 0 saturated carbocycles. The fourth-order valence-electron chi connectivity index (χ4n) is 3.78. The van der Waals surface area contributed by atoms with Crippen LogP contribution in [0.3, 0.4) is 0 Å². The van der Waals surface area contributed by atoms with Crippen molar-refractivity contribution in [3.63, 3.8) is 0 Å². The number of ether oxygens (including phenoxy) is 1. The van der Waals surface area contributed by atoms with Crippen molar-refractivity contribution in [1.29, 1.82) is 0 Å². The summed E-state index contributed by atoms with van der Waals surface area (Å²) in [5.74, 6) is -0.0388. The fourth-order valence-corrected chi connectivity index (χ4v) is 3.78. The predicted molar refractivity (Wildman–Crippen MR) is 105 cm³/mol. The fraction of sp³-hybridized carbons (Fsp3) is 0.286. The molecule has 6 heteroatoms. The second-order valence-electron chi connectivity index (χ2n) is 6.93. The smallest absolute Gasteiger partial charge is 0.240 e. The lowest BCUT2D eigenvalue weighted by Crippen LogP contribution is -2.34. The zero-order valence-corrected chi connectivity index (χ0v) is 14.9. The van der Waals surface area contributed by atoms with Crippen LogP contribution >= 0.6 is 0 Å². The summed E-state index contributed by atoms with van der Waals surface area (Å²) < 4.78 is 7.54. The first kappa shape index (κ1) is 16.2. The number of benzene rings is 2. The van der Waals surface area contributed by atoms with Gasteiger partial charge in [-0.25, -0.2) is 9.97 Å². The molecule has 1 aliphatic rings. The van der Waals surface area contributed by atoms with Gasteiger partial charge in [-0.2, -0.15) is 0 Å². The number of para-hydroxylation sites is 3. The molecule has 1 saturated heterocycles. The maximum absolute atomic E-state index is 12.6. The van der Waals surface area contributed by atoms with E-state index in [1.165, 1.54) is 0 Å². The second-order valence-corrected chi connectivity index (χ2v) is 6.93. The average molecular weight is 360 g/mol. The van der Waals surface area contributed by atoms with Crippen molar-refractivity contribution in [1.82, 2.24) is 19.9 Å². The van der Waals surface area contributed by atoms with Crippen molar-refractivity contribution in [2.24, 2.45) is 0 Å². The third kappa shape index (κ3) is 2.92. The van der Waals surface area contributed by atoms with Gasteiger partial charge < -0.3 is 14.6 Å². The Balaban J connectivity index is 1.54. The number of rotatable bonds is 4. The highest BCUT2D eigenvalue weighted by molar-refractivity contribution is 6.07. The monoisotopic (exact) mass is 360 g/mol. The summed E-state index contributed by atoms with van der Waals surface area (Å²) >= 11 is 0. The van der Waals surface area contributed by atoms with Gasteiger partial charge in [0, 0.05) is 18.5 Å². The maximum Gasteiger partial charge on any atom is 0.240 e. The molecular formula is C21H20N4O2. The number of aromatic nitrogens is 3.